The number of anilines is 1. The average molecular weight is 416 g/mol. The fraction of sp³-hybridized carbons (Fsp3) is 0.550. The largest absolute Gasteiger partial charge is 0.436 e. The number of carbonyl (C=O) groups excluding carboxylic acids is 3. The van der Waals surface area contributed by atoms with Crippen molar-refractivity contribution < 1.29 is 32.3 Å². The number of amides is 2. The Morgan fingerprint density at radius 1 is 1.14 bits per heavy atom. The van der Waals surface area contributed by atoms with Crippen LogP contribution in [0.3, 0.4) is 0 Å². The highest BCUT2D eigenvalue weighted by atomic mass is 19.4. The third-order valence-corrected chi connectivity index (χ3v) is 3.89. The Bertz CT molecular complexity index is 703. The van der Waals surface area contributed by atoms with E-state index < -0.39 is 29.8 Å². The first-order valence-corrected chi connectivity index (χ1v) is 9.37. The fourth-order valence-electron chi connectivity index (χ4n) is 2.66. The van der Waals surface area contributed by atoms with Crippen LogP contribution in [0.25, 0.3) is 0 Å². The quantitative estimate of drug-likeness (QED) is 0.643. The first-order valence-electron chi connectivity index (χ1n) is 9.37. The lowest BCUT2D eigenvalue weighted by atomic mass is 10.0. The third-order valence-electron chi connectivity index (χ3n) is 3.89. The highest BCUT2D eigenvalue weighted by molar-refractivity contribution is 5.90. The zero-order chi connectivity index (χ0) is 22.2. The van der Waals surface area contributed by atoms with E-state index in [0.29, 0.717) is 13.0 Å². The number of carbonyl (C=O) groups is 3. The lowest BCUT2D eigenvalue weighted by molar-refractivity contribution is -0.143. The van der Waals surface area contributed by atoms with Crippen LogP contribution in [-0.4, -0.2) is 41.9 Å². The van der Waals surface area contributed by atoms with Crippen molar-refractivity contribution in [1.82, 2.24) is 4.90 Å². The van der Waals surface area contributed by atoms with Gasteiger partial charge in [-0.1, -0.05) is 20.8 Å². The lowest BCUT2D eigenvalue weighted by Crippen LogP contribution is -2.44. The molecule has 9 heteroatoms. The van der Waals surface area contributed by atoms with Crippen LogP contribution in [0.15, 0.2) is 24.3 Å². The van der Waals surface area contributed by atoms with Gasteiger partial charge in [0.1, 0.15) is 5.78 Å². The molecule has 0 heterocycles. The van der Waals surface area contributed by atoms with E-state index >= 15 is 0 Å². The van der Waals surface area contributed by atoms with Crippen molar-refractivity contribution in [2.24, 2.45) is 5.92 Å². The summed E-state index contributed by atoms with van der Waals surface area (Å²) in [6, 6.07) is 3.87. The second-order valence-electron chi connectivity index (χ2n) is 7.19. The van der Waals surface area contributed by atoms with Gasteiger partial charge in [0.15, 0.2) is 6.10 Å². The topological polar surface area (TPSA) is 75.7 Å². The molecule has 0 saturated carbocycles. The monoisotopic (exact) mass is 416 g/mol. The predicted molar refractivity (Wildman–Crippen MR) is 102 cm³/mol. The molecule has 162 valence electrons. The van der Waals surface area contributed by atoms with Gasteiger partial charge in [0.25, 0.3) is 5.91 Å². The van der Waals surface area contributed by atoms with Gasteiger partial charge in [0.2, 0.25) is 0 Å². The van der Waals surface area contributed by atoms with Crippen LogP contribution in [-0.2, 0) is 20.5 Å². The summed E-state index contributed by atoms with van der Waals surface area (Å²) in [7, 11) is 0. The zero-order valence-electron chi connectivity index (χ0n) is 17.0. The molecule has 0 aliphatic carbocycles. The van der Waals surface area contributed by atoms with Gasteiger partial charge in [-0.2, -0.15) is 13.2 Å². The predicted octanol–water partition coefficient (Wildman–Crippen LogP) is 4.50. The van der Waals surface area contributed by atoms with E-state index in [9.17, 15) is 27.6 Å². The SMILES string of the molecule is CCCN(CC(C)=O)C(=O)[C@H](CC(C)C)OC(=O)Nc1ccc(C(F)(F)F)cc1. The Morgan fingerprint density at radius 3 is 2.17 bits per heavy atom. The van der Waals surface area contributed by atoms with E-state index in [1.54, 1.807) is 0 Å². The summed E-state index contributed by atoms with van der Waals surface area (Å²) in [6.45, 7) is 7.20. The van der Waals surface area contributed by atoms with Gasteiger partial charge in [0, 0.05) is 12.2 Å². The smallest absolute Gasteiger partial charge is 0.416 e. The minimum absolute atomic E-state index is 0.0311. The molecule has 0 saturated heterocycles. The molecule has 0 aliphatic rings. The molecule has 0 aromatic heterocycles. The number of nitrogens with one attached hydrogen (secondary N) is 1. The molecule has 1 rings (SSSR count). The number of rotatable bonds is 9. The summed E-state index contributed by atoms with van der Waals surface area (Å²) < 4.78 is 43.1. The summed E-state index contributed by atoms with van der Waals surface area (Å²) in [6.07, 6.45) is -5.66. The molecule has 0 aliphatic heterocycles. The number of halogens is 3. The molecule has 29 heavy (non-hydrogen) atoms. The van der Waals surface area contributed by atoms with E-state index in [2.05, 4.69) is 5.32 Å². The van der Waals surface area contributed by atoms with Crippen LogP contribution in [0, 0.1) is 5.92 Å². The van der Waals surface area contributed by atoms with Crippen molar-refractivity contribution >= 4 is 23.5 Å². The average Bonchev–Trinajstić information content (AvgIpc) is 2.59. The van der Waals surface area contributed by atoms with Crippen LogP contribution in [0.1, 0.15) is 46.1 Å². The first kappa shape index (κ1) is 24.5. The normalized spacial score (nSPS) is 12.4. The number of ketones is 1. The maximum Gasteiger partial charge on any atom is 0.416 e. The Kier molecular flexibility index (Phi) is 9.13. The first-order chi connectivity index (χ1) is 13.4. The van der Waals surface area contributed by atoms with E-state index in [1.165, 1.54) is 11.8 Å². The number of ether oxygens (including phenoxy) is 1. The molecule has 0 spiro atoms. The Morgan fingerprint density at radius 2 is 1.72 bits per heavy atom. The molecule has 1 aromatic rings. The van der Waals surface area contributed by atoms with Gasteiger partial charge in [-0.25, -0.2) is 4.79 Å². The van der Waals surface area contributed by atoms with E-state index in [-0.39, 0.29) is 30.4 Å². The number of benzene rings is 1. The number of hydrogen-bond acceptors (Lipinski definition) is 4. The van der Waals surface area contributed by atoms with Gasteiger partial charge >= 0.3 is 12.3 Å². The van der Waals surface area contributed by atoms with Crippen molar-refractivity contribution in [3.05, 3.63) is 29.8 Å². The number of hydrogen-bond donors (Lipinski definition) is 1. The van der Waals surface area contributed by atoms with Crippen molar-refractivity contribution in [3.63, 3.8) is 0 Å². The number of nitrogens with zero attached hydrogens (tertiary/aromatic N) is 1. The Balaban J connectivity index is 2.86. The Labute approximate surface area is 168 Å². The second-order valence-corrected chi connectivity index (χ2v) is 7.19. The zero-order valence-corrected chi connectivity index (χ0v) is 17.0. The molecule has 0 bridgehead atoms. The van der Waals surface area contributed by atoms with E-state index in [1.807, 2.05) is 20.8 Å². The fourth-order valence-corrected chi connectivity index (χ4v) is 2.66. The molecular formula is C20H27F3N2O4. The van der Waals surface area contributed by atoms with Crippen LogP contribution in [0.2, 0.25) is 0 Å². The highest BCUT2D eigenvalue weighted by Gasteiger charge is 2.31. The minimum Gasteiger partial charge on any atom is -0.436 e. The summed E-state index contributed by atoms with van der Waals surface area (Å²) in [5, 5.41) is 2.32. The lowest BCUT2D eigenvalue weighted by Gasteiger charge is -2.27. The van der Waals surface area contributed by atoms with Gasteiger partial charge in [-0.3, -0.25) is 14.9 Å². The molecule has 0 fully saturated rings. The minimum atomic E-state index is -4.48. The highest BCUT2D eigenvalue weighted by Crippen LogP contribution is 2.29. The molecule has 0 unspecified atom stereocenters. The molecule has 6 nitrogen and oxygen atoms in total. The molecular weight excluding hydrogens is 389 g/mol. The van der Waals surface area contributed by atoms with Crippen molar-refractivity contribution in [2.45, 2.75) is 52.8 Å². The second kappa shape index (κ2) is 10.8. The third kappa shape index (κ3) is 8.53. The molecule has 1 atom stereocenters. The molecule has 2 amide bonds. The maximum atomic E-state index is 12.8. The number of Topliss-reactive ketones (excluding diaryl/α,β-unsaturated/α-hetero) is 1. The standard InChI is InChI=1S/C20H27F3N2O4/c1-5-10-25(12-14(4)26)18(27)17(11-13(2)3)29-19(28)24-16-8-6-15(7-9-16)20(21,22)23/h6-9,13,17H,5,10-12H2,1-4H3,(H,24,28)/t17-/m0/s1. The molecule has 0 radical (unpaired) electrons. The van der Waals surface area contributed by atoms with Gasteiger partial charge in [-0.15, -0.1) is 0 Å². The van der Waals surface area contributed by atoms with Crippen LogP contribution >= 0.6 is 0 Å². The van der Waals surface area contributed by atoms with Gasteiger partial charge in [0.05, 0.1) is 12.1 Å². The summed E-state index contributed by atoms with van der Waals surface area (Å²) in [5.41, 5.74) is -0.739. The molecule has 1 N–H and O–H groups in total. The van der Waals surface area contributed by atoms with E-state index in [4.69, 9.17) is 4.74 Å². The van der Waals surface area contributed by atoms with Crippen molar-refractivity contribution in [2.75, 3.05) is 18.4 Å². The summed E-state index contributed by atoms with van der Waals surface area (Å²) in [4.78, 5) is 37.8. The van der Waals surface area contributed by atoms with Gasteiger partial charge in [-0.05, 0) is 49.9 Å². The maximum absolute atomic E-state index is 12.8. The van der Waals surface area contributed by atoms with Crippen molar-refractivity contribution in [3.8, 4) is 0 Å². The van der Waals surface area contributed by atoms with Crippen molar-refractivity contribution in [1.29, 1.82) is 0 Å². The summed E-state index contributed by atoms with van der Waals surface area (Å²) in [5.74, 6) is -0.633. The van der Waals surface area contributed by atoms with E-state index in [0.717, 1.165) is 24.3 Å². The van der Waals surface area contributed by atoms with Crippen LogP contribution < -0.4 is 5.32 Å². The molecule has 1 aromatic carbocycles. The van der Waals surface area contributed by atoms with Crippen LogP contribution in [0.5, 0.6) is 0 Å². The van der Waals surface area contributed by atoms with Gasteiger partial charge < -0.3 is 9.64 Å². The number of alkyl halides is 3. The van der Waals surface area contributed by atoms with Crippen LogP contribution in [0.4, 0.5) is 23.7 Å². The Hall–Kier alpha value is -2.58. The summed E-state index contributed by atoms with van der Waals surface area (Å²) >= 11 is 0.